The molecule has 1 saturated heterocycles. The summed E-state index contributed by atoms with van der Waals surface area (Å²) in [6, 6.07) is 5.38. The molecular weight excluding hydrogens is 370 g/mol. The van der Waals surface area contributed by atoms with Gasteiger partial charge in [0.15, 0.2) is 0 Å². The van der Waals surface area contributed by atoms with Gasteiger partial charge in [-0.25, -0.2) is 0 Å². The summed E-state index contributed by atoms with van der Waals surface area (Å²) in [5, 5.41) is 12.8. The minimum absolute atomic E-state index is 0.0174. The molecule has 3 fully saturated rings. The van der Waals surface area contributed by atoms with Crippen LogP contribution < -0.4 is 5.19 Å². The van der Waals surface area contributed by atoms with Gasteiger partial charge in [-0.05, 0) is 79.2 Å². The maximum Gasteiger partial charge on any atom is 0.118 e. The molecule has 1 aromatic rings. The first-order valence-corrected chi connectivity index (χ1v) is 15.3. The van der Waals surface area contributed by atoms with E-state index in [1.54, 1.807) is 0 Å². The molecular formula is C26H43NOSi. The summed E-state index contributed by atoms with van der Waals surface area (Å²) in [6.45, 7) is 16.7. The fourth-order valence-electron chi connectivity index (χ4n) is 7.14. The summed E-state index contributed by atoms with van der Waals surface area (Å²) in [7, 11) is -1.81. The predicted octanol–water partition coefficient (Wildman–Crippen LogP) is 5.96. The number of hydrogen-bond donors (Lipinski definition) is 1. The fraction of sp³-hybridized carbons (Fsp3) is 0.769. The molecule has 3 aliphatic rings. The Balaban J connectivity index is 1.72. The molecule has 1 heterocycles. The topological polar surface area (TPSA) is 23.5 Å². The summed E-state index contributed by atoms with van der Waals surface area (Å²) in [5.41, 5.74) is 3.25. The molecule has 0 aromatic heterocycles. The number of likely N-dealkylation sites (tertiary alicyclic amines) is 1. The summed E-state index contributed by atoms with van der Waals surface area (Å²) in [6.07, 6.45) is 9.90. The maximum absolute atomic E-state index is 11.4. The minimum Gasteiger partial charge on any atom is -0.508 e. The average Bonchev–Trinajstić information content (AvgIpc) is 3.29. The third-order valence-corrected chi connectivity index (χ3v) is 13.0. The highest BCUT2D eigenvalue weighted by Gasteiger charge is 2.53. The standard InChI is InChI=1S/C26H43NOSi/c1-18-15-21(26(2,3)4)25(28)24(16-18)29(5,6)23-17-22(27-13-9-10-14-27)19-11-7-8-12-20(19)23/h15-16,19-20,22-23,28H,7-14,17H2,1-6H3/t19-,20-,22?,23?/m1/s1. The Labute approximate surface area is 180 Å². The third kappa shape index (κ3) is 3.82. The summed E-state index contributed by atoms with van der Waals surface area (Å²) in [5.74, 6) is 2.42. The lowest BCUT2D eigenvalue weighted by atomic mass is 9.80. The van der Waals surface area contributed by atoms with Gasteiger partial charge in [-0.2, -0.15) is 0 Å². The zero-order chi connectivity index (χ0) is 21.0. The highest BCUT2D eigenvalue weighted by molar-refractivity contribution is 6.91. The van der Waals surface area contributed by atoms with Crippen molar-refractivity contribution in [2.24, 2.45) is 11.8 Å². The number of rotatable bonds is 3. The van der Waals surface area contributed by atoms with Gasteiger partial charge in [0, 0.05) is 6.04 Å². The van der Waals surface area contributed by atoms with Gasteiger partial charge in [0.05, 0.1) is 8.07 Å². The molecule has 0 bridgehead atoms. The highest BCUT2D eigenvalue weighted by Crippen LogP contribution is 2.55. The van der Waals surface area contributed by atoms with Gasteiger partial charge in [-0.15, -0.1) is 0 Å². The van der Waals surface area contributed by atoms with E-state index in [0.29, 0.717) is 5.75 Å². The maximum atomic E-state index is 11.4. The summed E-state index contributed by atoms with van der Waals surface area (Å²) in [4.78, 5) is 2.85. The van der Waals surface area contributed by atoms with Gasteiger partial charge in [0.1, 0.15) is 5.75 Å². The smallest absolute Gasteiger partial charge is 0.118 e. The summed E-state index contributed by atoms with van der Waals surface area (Å²) >= 11 is 0. The van der Waals surface area contributed by atoms with Crippen molar-refractivity contribution >= 4 is 13.3 Å². The first kappa shape index (κ1) is 21.4. The molecule has 2 nitrogen and oxygen atoms in total. The molecule has 4 atom stereocenters. The van der Waals surface area contributed by atoms with E-state index in [4.69, 9.17) is 0 Å². The van der Waals surface area contributed by atoms with Gasteiger partial charge in [0.25, 0.3) is 0 Å². The Morgan fingerprint density at radius 1 is 0.966 bits per heavy atom. The van der Waals surface area contributed by atoms with Crippen molar-refractivity contribution in [3.8, 4) is 5.75 Å². The van der Waals surface area contributed by atoms with Crippen molar-refractivity contribution < 1.29 is 5.11 Å². The molecule has 162 valence electrons. The van der Waals surface area contributed by atoms with E-state index in [1.165, 1.54) is 68.8 Å². The number of aromatic hydroxyl groups is 1. The van der Waals surface area contributed by atoms with Crippen LogP contribution in [0.5, 0.6) is 5.75 Å². The first-order valence-electron chi connectivity index (χ1n) is 12.2. The van der Waals surface area contributed by atoms with Gasteiger partial charge >= 0.3 is 0 Å². The Bertz CT molecular complexity index is 744. The zero-order valence-electron chi connectivity index (χ0n) is 19.7. The van der Waals surface area contributed by atoms with Crippen molar-refractivity contribution in [3.63, 3.8) is 0 Å². The van der Waals surface area contributed by atoms with Crippen LogP contribution in [0.15, 0.2) is 12.1 Å². The highest BCUT2D eigenvalue weighted by atomic mass is 28.3. The van der Waals surface area contributed by atoms with Crippen LogP contribution >= 0.6 is 0 Å². The lowest BCUT2D eigenvalue weighted by Gasteiger charge is -2.39. The van der Waals surface area contributed by atoms with Crippen LogP contribution in [0.25, 0.3) is 0 Å². The molecule has 2 aliphatic carbocycles. The summed E-state index contributed by atoms with van der Waals surface area (Å²) < 4.78 is 0. The van der Waals surface area contributed by atoms with Crippen LogP contribution in [0.3, 0.4) is 0 Å². The second-order valence-corrected chi connectivity index (χ2v) is 16.7. The Kier molecular flexibility index (Phi) is 5.70. The molecule has 1 aliphatic heterocycles. The van der Waals surface area contributed by atoms with E-state index in [2.05, 4.69) is 57.8 Å². The third-order valence-electron chi connectivity index (χ3n) is 8.67. The zero-order valence-corrected chi connectivity index (χ0v) is 20.7. The quantitative estimate of drug-likeness (QED) is 0.618. The number of phenolic OH excluding ortho intramolecular Hbond substituents is 1. The number of nitrogens with zero attached hydrogens (tertiary/aromatic N) is 1. The van der Waals surface area contributed by atoms with E-state index < -0.39 is 8.07 Å². The van der Waals surface area contributed by atoms with Gasteiger partial charge in [-0.1, -0.05) is 70.8 Å². The van der Waals surface area contributed by atoms with Crippen LogP contribution in [-0.4, -0.2) is 37.2 Å². The molecule has 1 aromatic carbocycles. The van der Waals surface area contributed by atoms with Crippen LogP contribution in [0.4, 0.5) is 0 Å². The number of benzene rings is 1. The molecule has 2 saturated carbocycles. The monoisotopic (exact) mass is 413 g/mol. The fourth-order valence-corrected chi connectivity index (χ4v) is 11.2. The lowest BCUT2D eigenvalue weighted by Crippen LogP contribution is -2.48. The number of fused-ring (bicyclic) bond motifs is 1. The Hall–Kier alpha value is -0.803. The first-order chi connectivity index (χ1) is 13.6. The molecule has 0 radical (unpaired) electrons. The normalized spacial score (nSPS) is 31.2. The molecule has 0 amide bonds. The van der Waals surface area contributed by atoms with E-state index in [0.717, 1.165) is 29.0 Å². The van der Waals surface area contributed by atoms with E-state index in [1.807, 2.05) is 0 Å². The largest absolute Gasteiger partial charge is 0.508 e. The van der Waals surface area contributed by atoms with E-state index in [-0.39, 0.29) is 5.41 Å². The van der Waals surface area contributed by atoms with Gasteiger partial charge in [0.2, 0.25) is 0 Å². The molecule has 29 heavy (non-hydrogen) atoms. The van der Waals surface area contributed by atoms with Crippen LogP contribution in [0.1, 0.15) is 76.8 Å². The van der Waals surface area contributed by atoms with Crippen molar-refractivity contribution in [1.82, 2.24) is 4.90 Å². The SMILES string of the molecule is Cc1cc(C(C)(C)C)c(O)c([Si](C)(C)C2CC(N3CCCC3)[C@@H]3CCCC[C@@H]23)c1. The molecule has 0 spiro atoms. The average molecular weight is 414 g/mol. The number of phenols is 1. The Morgan fingerprint density at radius 3 is 2.21 bits per heavy atom. The van der Waals surface area contributed by atoms with Crippen molar-refractivity contribution in [3.05, 3.63) is 23.3 Å². The molecule has 2 unspecified atom stereocenters. The van der Waals surface area contributed by atoms with Crippen molar-refractivity contribution in [1.29, 1.82) is 0 Å². The van der Waals surface area contributed by atoms with Crippen LogP contribution in [0.2, 0.25) is 18.6 Å². The second kappa shape index (κ2) is 7.71. The Morgan fingerprint density at radius 2 is 1.59 bits per heavy atom. The minimum atomic E-state index is -1.81. The van der Waals surface area contributed by atoms with E-state index >= 15 is 0 Å². The number of aryl methyl sites for hydroxylation is 1. The van der Waals surface area contributed by atoms with Crippen LogP contribution in [0, 0.1) is 18.8 Å². The van der Waals surface area contributed by atoms with Gasteiger partial charge in [-0.3, -0.25) is 0 Å². The lowest BCUT2D eigenvalue weighted by molar-refractivity contribution is 0.148. The molecule has 3 heteroatoms. The van der Waals surface area contributed by atoms with Crippen molar-refractivity contribution in [2.45, 2.75) is 103 Å². The molecule has 1 N–H and O–H groups in total. The van der Waals surface area contributed by atoms with Gasteiger partial charge < -0.3 is 10.0 Å². The van der Waals surface area contributed by atoms with Crippen molar-refractivity contribution in [2.75, 3.05) is 13.1 Å². The molecule has 4 rings (SSSR count). The number of hydrogen-bond acceptors (Lipinski definition) is 2. The predicted molar refractivity (Wildman–Crippen MR) is 127 cm³/mol. The second-order valence-electron chi connectivity index (χ2n) is 11.9. The van der Waals surface area contributed by atoms with E-state index in [9.17, 15) is 5.11 Å². The van der Waals surface area contributed by atoms with Crippen LogP contribution in [-0.2, 0) is 5.41 Å².